The van der Waals surface area contributed by atoms with Gasteiger partial charge >= 0.3 is 0 Å². The van der Waals surface area contributed by atoms with E-state index in [9.17, 15) is 4.79 Å². The fraction of sp³-hybridized carbons (Fsp3) is 0.389. The van der Waals surface area contributed by atoms with Crippen molar-refractivity contribution in [2.24, 2.45) is 0 Å². The molecule has 0 spiro atoms. The zero-order valence-electron chi connectivity index (χ0n) is 12.9. The molecule has 0 fully saturated rings. The summed E-state index contributed by atoms with van der Waals surface area (Å²) in [7, 11) is 0. The van der Waals surface area contributed by atoms with Crippen LogP contribution in [-0.4, -0.2) is 30.4 Å². The molecule has 2 aromatic rings. The van der Waals surface area contributed by atoms with Crippen LogP contribution in [0.2, 0.25) is 0 Å². The van der Waals surface area contributed by atoms with Crippen LogP contribution in [0.4, 0.5) is 0 Å². The maximum atomic E-state index is 12.1. The quantitative estimate of drug-likeness (QED) is 0.920. The predicted molar refractivity (Wildman–Crippen MR) is 91.2 cm³/mol. The summed E-state index contributed by atoms with van der Waals surface area (Å²) in [5.74, 6) is 0.126. The van der Waals surface area contributed by atoms with Gasteiger partial charge in [-0.15, -0.1) is 11.3 Å². The van der Waals surface area contributed by atoms with E-state index >= 15 is 0 Å². The van der Waals surface area contributed by atoms with Crippen LogP contribution in [0.25, 0.3) is 0 Å². The second-order valence-corrected chi connectivity index (χ2v) is 6.78. The van der Waals surface area contributed by atoms with Crippen molar-refractivity contribution in [1.29, 1.82) is 0 Å². The summed E-state index contributed by atoms with van der Waals surface area (Å²) in [6.45, 7) is 4.36. The van der Waals surface area contributed by atoms with Crippen LogP contribution in [0, 0.1) is 0 Å². The zero-order chi connectivity index (χ0) is 15.4. The molecule has 3 nitrogen and oxygen atoms in total. The Morgan fingerprint density at radius 2 is 2.14 bits per heavy atom. The fourth-order valence-corrected chi connectivity index (χ4v) is 3.97. The molecule has 0 unspecified atom stereocenters. The smallest absolute Gasteiger partial charge is 0.234 e. The first-order valence-corrected chi connectivity index (χ1v) is 8.73. The molecular formula is C18H22N2OS. The zero-order valence-corrected chi connectivity index (χ0v) is 13.7. The SMILES string of the molecule is C[C@@H]1c2ccsc2CCN1CC(=O)NCCc1ccccc1. The normalized spacial score (nSPS) is 18.0. The third-order valence-corrected chi connectivity index (χ3v) is 5.33. The van der Waals surface area contributed by atoms with Gasteiger partial charge in [-0.25, -0.2) is 0 Å². The van der Waals surface area contributed by atoms with Crippen molar-refractivity contribution >= 4 is 17.2 Å². The predicted octanol–water partition coefficient (Wildman–Crippen LogP) is 3.03. The van der Waals surface area contributed by atoms with Crippen LogP contribution in [0.3, 0.4) is 0 Å². The number of amides is 1. The number of benzene rings is 1. The summed E-state index contributed by atoms with van der Waals surface area (Å²) >= 11 is 1.83. The van der Waals surface area contributed by atoms with Crippen molar-refractivity contribution < 1.29 is 4.79 Å². The van der Waals surface area contributed by atoms with E-state index in [0.717, 1.165) is 19.4 Å². The van der Waals surface area contributed by atoms with Gasteiger partial charge < -0.3 is 5.32 Å². The second kappa shape index (κ2) is 7.07. The number of hydrogen-bond acceptors (Lipinski definition) is 3. The Morgan fingerprint density at radius 1 is 1.32 bits per heavy atom. The summed E-state index contributed by atoms with van der Waals surface area (Å²) in [5, 5.41) is 5.20. The molecule has 0 aliphatic carbocycles. The summed E-state index contributed by atoms with van der Waals surface area (Å²) in [6, 6.07) is 12.8. The minimum Gasteiger partial charge on any atom is -0.355 e. The van der Waals surface area contributed by atoms with Crippen molar-refractivity contribution in [3.8, 4) is 0 Å². The molecule has 1 aliphatic rings. The maximum absolute atomic E-state index is 12.1. The molecular weight excluding hydrogens is 292 g/mol. The van der Waals surface area contributed by atoms with Crippen LogP contribution in [0.1, 0.15) is 29.0 Å². The van der Waals surface area contributed by atoms with E-state index in [1.807, 2.05) is 29.5 Å². The van der Waals surface area contributed by atoms with Crippen molar-refractivity contribution in [2.75, 3.05) is 19.6 Å². The van der Waals surface area contributed by atoms with Gasteiger partial charge in [-0.1, -0.05) is 30.3 Å². The Labute approximate surface area is 136 Å². The number of thiophene rings is 1. The van der Waals surface area contributed by atoms with Gasteiger partial charge in [0.1, 0.15) is 0 Å². The highest BCUT2D eigenvalue weighted by Gasteiger charge is 2.25. The van der Waals surface area contributed by atoms with Gasteiger partial charge in [-0.2, -0.15) is 0 Å². The van der Waals surface area contributed by atoms with Crippen molar-refractivity contribution in [3.63, 3.8) is 0 Å². The lowest BCUT2D eigenvalue weighted by molar-refractivity contribution is -0.122. The van der Waals surface area contributed by atoms with E-state index in [4.69, 9.17) is 0 Å². The van der Waals surface area contributed by atoms with Crippen LogP contribution in [0.5, 0.6) is 0 Å². The minimum atomic E-state index is 0.126. The number of carbonyl (C=O) groups excluding carboxylic acids is 1. The molecule has 1 atom stereocenters. The van der Waals surface area contributed by atoms with E-state index in [2.05, 4.69) is 40.7 Å². The Hall–Kier alpha value is -1.65. The first-order chi connectivity index (χ1) is 10.7. The lowest BCUT2D eigenvalue weighted by atomic mass is 10.0. The molecule has 0 radical (unpaired) electrons. The van der Waals surface area contributed by atoms with Gasteiger partial charge in [0.25, 0.3) is 0 Å². The van der Waals surface area contributed by atoms with Gasteiger partial charge in [0.05, 0.1) is 6.54 Å². The molecule has 1 amide bonds. The van der Waals surface area contributed by atoms with E-state index in [1.165, 1.54) is 16.0 Å². The molecule has 1 N–H and O–H groups in total. The molecule has 2 heterocycles. The Kier molecular flexibility index (Phi) is 4.90. The largest absolute Gasteiger partial charge is 0.355 e. The van der Waals surface area contributed by atoms with Crippen LogP contribution in [0.15, 0.2) is 41.8 Å². The van der Waals surface area contributed by atoms with Crippen LogP contribution < -0.4 is 5.32 Å². The summed E-state index contributed by atoms with van der Waals surface area (Å²) in [6.07, 6.45) is 1.95. The molecule has 3 rings (SSSR count). The van der Waals surface area contributed by atoms with Crippen LogP contribution in [-0.2, 0) is 17.6 Å². The van der Waals surface area contributed by atoms with Gasteiger partial charge in [-0.05, 0) is 42.3 Å². The number of nitrogens with one attached hydrogen (secondary N) is 1. The molecule has 1 aromatic carbocycles. The first kappa shape index (κ1) is 15.3. The number of carbonyl (C=O) groups is 1. The third kappa shape index (κ3) is 3.57. The molecule has 0 bridgehead atoms. The maximum Gasteiger partial charge on any atom is 0.234 e. The molecule has 1 aliphatic heterocycles. The van der Waals surface area contributed by atoms with Gasteiger partial charge in [0.15, 0.2) is 0 Å². The molecule has 0 saturated heterocycles. The van der Waals surface area contributed by atoms with Gasteiger partial charge in [0, 0.05) is 24.0 Å². The van der Waals surface area contributed by atoms with E-state index in [-0.39, 0.29) is 5.91 Å². The Bertz CT molecular complexity index is 623. The molecule has 22 heavy (non-hydrogen) atoms. The standard InChI is InChI=1S/C18H22N2OS/c1-14-16-9-12-22-17(16)8-11-20(14)13-18(21)19-10-7-15-5-3-2-4-6-15/h2-6,9,12,14H,7-8,10-11,13H2,1H3,(H,19,21)/t14-/m1/s1. The van der Waals surface area contributed by atoms with Gasteiger partial charge in [-0.3, -0.25) is 9.69 Å². The summed E-state index contributed by atoms with van der Waals surface area (Å²) in [5.41, 5.74) is 2.66. The molecule has 0 saturated carbocycles. The van der Waals surface area contributed by atoms with Crippen molar-refractivity contribution in [2.45, 2.75) is 25.8 Å². The molecule has 116 valence electrons. The monoisotopic (exact) mass is 314 g/mol. The van der Waals surface area contributed by atoms with Crippen molar-refractivity contribution in [3.05, 3.63) is 57.8 Å². The summed E-state index contributed by atoms with van der Waals surface area (Å²) < 4.78 is 0. The highest BCUT2D eigenvalue weighted by Crippen LogP contribution is 2.32. The van der Waals surface area contributed by atoms with E-state index in [0.29, 0.717) is 19.1 Å². The minimum absolute atomic E-state index is 0.126. The highest BCUT2D eigenvalue weighted by atomic mass is 32.1. The topological polar surface area (TPSA) is 32.3 Å². The molecule has 4 heteroatoms. The Morgan fingerprint density at radius 3 is 2.95 bits per heavy atom. The average molecular weight is 314 g/mol. The van der Waals surface area contributed by atoms with E-state index < -0.39 is 0 Å². The lowest BCUT2D eigenvalue weighted by Gasteiger charge is -2.32. The Balaban J connectivity index is 1.46. The number of fused-ring (bicyclic) bond motifs is 1. The highest BCUT2D eigenvalue weighted by molar-refractivity contribution is 7.10. The average Bonchev–Trinajstić information content (AvgIpc) is 3.01. The first-order valence-electron chi connectivity index (χ1n) is 7.85. The summed E-state index contributed by atoms with van der Waals surface area (Å²) in [4.78, 5) is 15.9. The van der Waals surface area contributed by atoms with Crippen molar-refractivity contribution in [1.82, 2.24) is 10.2 Å². The number of nitrogens with zero attached hydrogens (tertiary/aromatic N) is 1. The number of rotatable bonds is 5. The fourth-order valence-electron chi connectivity index (χ4n) is 3.01. The lowest BCUT2D eigenvalue weighted by Crippen LogP contribution is -2.41. The second-order valence-electron chi connectivity index (χ2n) is 5.78. The molecule has 1 aromatic heterocycles. The van der Waals surface area contributed by atoms with Gasteiger partial charge in [0.2, 0.25) is 5.91 Å². The third-order valence-electron chi connectivity index (χ3n) is 4.33. The number of hydrogen-bond donors (Lipinski definition) is 1. The van der Waals surface area contributed by atoms with Crippen LogP contribution >= 0.6 is 11.3 Å². The van der Waals surface area contributed by atoms with E-state index in [1.54, 1.807) is 0 Å².